The molecular weight excluding hydrogens is 376 g/mol. The number of rotatable bonds is 8. The van der Waals surface area contributed by atoms with E-state index in [9.17, 15) is 24.8 Å². The molecule has 0 fully saturated rings. The third kappa shape index (κ3) is 5.86. The van der Waals surface area contributed by atoms with E-state index in [1.54, 1.807) is 30.3 Å². The van der Waals surface area contributed by atoms with Gasteiger partial charge in [0.1, 0.15) is 11.8 Å². The predicted molar refractivity (Wildman–Crippen MR) is 108 cm³/mol. The van der Waals surface area contributed by atoms with Crippen LogP contribution in [-0.4, -0.2) is 34.1 Å². The largest absolute Gasteiger partial charge is 0.507 e. The zero-order valence-electron chi connectivity index (χ0n) is 16.0. The van der Waals surface area contributed by atoms with Gasteiger partial charge in [-0.25, -0.2) is 5.43 Å². The summed E-state index contributed by atoms with van der Waals surface area (Å²) in [5.41, 5.74) is 2.60. The van der Waals surface area contributed by atoms with E-state index in [1.807, 2.05) is 13.8 Å². The molecule has 0 spiro atoms. The van der Waals surface area contributed by atoms with Crippen molar-refractivity contribution < 1.29 is 19.6 Å². The number of carbonyl (C=O) groups excluding carboxylic acids is 2. The molecule has 2 atom stereocenters. The number of nitro groups is 1. The average Bonchev–Trinajstić information content (AvgIpc) is 2.72. The number of non-ortho nitro benzene ring substituents is 1. The third-order valence-electron chi connectivity index (χ3n) is 4.42. The van der Waals surface area contributed by atoms with Crippen LogP contribution >= 0.6 is 0 Å². The highest BCUT2D eigenvalue weighted by Crippen LogP contribution is 2.21. The summed E-state index contributed by atoms with van der Waals surface area (Å²) in [5, 5.41) is 27.1. The molecule has 152 valence electrons. The Morgan fingerprint density at radius 3 is 2.55 bits per heavy atom. The first-order valence-corrected chi connectivity index (χ1v) is 8.99. The lowest BCUT2D eigenvalue weighted by molar-refractivity contribution is -0.384. The van der Waals surface area contributed by atoms with E-state index in [1.165, 1.54) is 6.07 Å². The summed E-state index contributed by atoms with van der Waals surface area (Å²) in [6.07, 6.45) is 1.75. The number of benzene rings is 2. The Bertz CT molecular complexity index is 914. The molecule has 2 amide bonds. The smallest absolute Gasteiger partial charge is 0.270 e. The summed E-state index contributed by atoms with van der Waals surface area (Å²) in [4.78, 5) is 35.2. The summed E-state index contributed by atoms with van der Waals surface area (Å²) >= 11 is 0. The van der Waals surface area contributed by atoms with Gasteiger partial charge in [0, 0.05) is 23.3 Å². The number of nitrogens with zero attached hydrogens (tertiary/aromatic N) is 2. The Morgan fingerprint density at radius 1 is 1.24 bits per heavy atom. The number of nitrogens with one attached hydrogen (secondary N) is 2. The number of nitro benzene ring substituents is 1. The summed E-state index contributed by atoms with van der Waals surface area (Å²) in [7, 11) is 0. The minimum absolute atomic E-state index is 0.0768. The van der Waals surface area contributed by atoms with Crippen molar-refractivity contribution in [2.45, 2.75) is 26.3 Å². The van der Waals surface area contributed by atoms with E-state index in [-0.39, 0.29) is 28.8 Å². The molecule has 0 unspecified atom stereocenters. The maximum Gasteiger partial charge on any atom is 0.270 e. The zero-order valence-corrected chi connectivity index (χ0v) is 16.0. The number of carbonyl (C=O) groups is 2. The SMILES string of the molecule is CC[C@H](C)[C@@H](NC(=O)c1ccccc1)C(=O)NN=Cc1cc([N+](=O)[O-])ccc1O. The summed E-state index contributed by atoms with van der Waals surface area (Å²) in [5.74, 6) is -1.30. The number of hydrogen-bond donors (Lipinski definition) is 3. The monoisotopic (exact) mass is 398 g/mol. The molecule has 0 heterocycles. The van der Waals surface area contributed by atoms with Crippen LogP contribution in [0.5, 0.6) is 5.75 Å². The summed E-state index contributed by atoms with van der Waals surface area (Å²) in [6.45, 7) is 3.72. The van der Waals surface area contributed by atoms with Gasteiger partial charge in [-0.3, -0.25) is 19.7 Å². The molecule has 0 aliphatic rings. The van der Waals surface area contributed by atoms with Crippen LogP contribution in [0.15, 0.2) is 53.6 Å². The highest BCUT2D eigenvalue weighted by atomic mass is 16.6. The molecule has 3 N–H and O–H groups in total. The summed E-state index contributed by atoms with van der Waals surface area (Å²) < 4.78 is 0. The van der Waals surface area contributed by atoms with Gasteiger partial charge in [0.05, 0.1) is 11.1 Å². The van der Waals surface area contributed by atoms with Crippen LogP contribution < -0.4 is 10.7 Å². The van der Waals surface area contributed by atoms with Crippen molar-refractivity contribution in [2.24, 2.45) is 11.0 Å². The van der Waals surface area contributed by atoms with Crippen molar-refractivity contribution in [1.82, 2.24) is 10.7 Å². The molecule has 0 radical (unpaired) electrons. The van der Waals surface area contributed by atoms with E-state index < -0.39 is 16.9 Å². The standard InChI is InChI=1S/C20H22N4O5/c1-3-13(2)18(22-19(26)14-7-5-4-6-8-14)20(27)23-21-12-15-11-16(24(28)29)9-10-17(15)25/h4-13,18,25H,3H2,1-2H3,(H,22,26)(H,23,27)/t13-,18+/m0/s1. The molecule has 2 aromatic rings. The van der Waals surface area contributed by atoms with Gasteiger partial charge in [0.2, 0.25) is 0 Å². The number of hydrogen-bond acceptors (Lipinski definition) is 6. The maximum atomic E-state index is 12.6. The van der Waals surface area contributed by atoms with E-state index in [2.05, 4.69) is 15.8 Å². The van der Waals surface area contributed by atoms with Crippen molar-refractivity contribution in [3.05, 3.63) is 69.8 Å². The fourth-order valence-electron chi connectivity index (χ4n) is 2.51. The minimum Gasteiger partial charge on any atom is -0.507 e. The lowest BCUT2D eigenvalue weighted by atomic mass is 9.98. The Morgan fingerprint density at radius 2 is 1.93 bits per heavy atom. The lowest BCUT2D eigenvalue weighted by Gasteiger charge is -2.22. The first-order chi connectivity index (χ1) is 13.8. The molecule has 0 aliphatic heterocycles. The quantitative estimate of drug-likeness (QED) is 0.357. The summed E-state index contributed by atoms with van der Waals surface area (Å²) in [6, 6.07) is 11.2. The van der Waals surface area contributed by atoms with Crippen molar-refractivity contribution in [2.75, 3.05) is 0 Å². The molecule has 0 saturated carbocycles. The second-order valence-corrected chi connectivity index (χ2v) is 6.44. The normalized spacial score (nSPS) is 12.9. The van der Waals surface area contributed by atoms with E-state index >= 15 is 0 Å². The second-order valence-electron chi connectivity index (χ2n) is 6.44. The Balaban J connectivity index is 2.10. The number of aromatic hydroxyl groups is 1. The fourth-order valence-corrected chi connectivity index (χ4v) is 2.51. The van der Waals surface area contributed by atoms with Crippen molar-refractivity contribution in [1.29, 1.82) is 0 Å². The molecule has 9 heteroatoms. The number of phenolic OH excluding ortho intramolecular Hbond substituents is 1. The van der Waals surface area contributed by atoms with Crippen LogP contribution in [0.25, 0.3) is 0 Å². The van der Waals surface area contributed by atoms with Gasteiger partial charge >= 0.3 is 0 Å². The fraction of sp³-hybridized carbons (Fsp3) is 0.250. The van der Waals surface area contributed by atoms with Crippen molar-refractivity contribution in [3.63, 3.8) is 0 Å². The topological polar surface area (TPSA) is 134 Å². The molecule has 2 rings (SSSR count). The van der Waals surface area contributed by atoms with Crippen LogP contribution in [-0.2, 0) is 4.79 Å². The van der Waals surface area contributed by atoms with E-state index in [0.717, 1.165) is 18.3 Å². The predicted octanol–water partition coefficient (Wildman–Crippen LogP) is 2.60. The maximum absolute atomic E-state index is 12.6. The van der Waals surface area contributed by atoms with Crippen LogP contribution in [0.2, 0.25) is 0 Å². The molecule has 0 saturated heterocycles. The van der Waals surface area contributed by atoms with Gasteiger partial charge in [-0.2, -0.15) is 5.10 Å². The Labute approximate surface area is 167 Å². The molecule has 0 aliphatic carbocycles. The highest BCUT2D eigenvalue weighted by molar-refractivity contribution is 5.97. The third-order valence-corrected chi connectivity index (χ3v) is 4.42. The molecule has 29 heavy (non-hydrogen) atoms. The van der Waals surface area contributed by atoms with Gasteiger partial charge in [-0.05, 0) is 24.1 Å². The molecule has 9 nitrogen and oxygen atoms in total. The van der Waals surface area contributed by atoms with Gasteiger partial charge in [-0.1, -0.05) is 38.5 Å². The van der Waals surface area contributed by atoms with Crippen molar-refractivity contribution >= 4 is 23.7 Å². The van der Waals surface area contributed by atoms with E-state index in [4.69, 9.17) is 0 Å². The van der Waals surface area contributed by atoms with Gasteiger partial charge in [0.25, 0.3) is 17.5 Å². The van der Waals surface area contributed by atoms with Crippen LogP contribution in [0.3, 0.4) is 0 Å². The first kappa shape index (κ1) is 21.5. The van der Waals surface area contributed by atoms with Crippen LogP contribution in [0.1, 0.15) is 36.2 Å². The number of hydrazone groups is 1. The minimum atomic E-state index is -0.830. The van der Waals surface area contributed by atoms with Gasteiger partial charge in [-0.15, -0.1) is 0 Å². The first-order valence-electron chi connectivity index (χ1n) is 8.99. The van der Waals surface area contributed by atoms with Crippen LogP contribution in [0.4, 0.5) is 5.69 Å². The lowest BCUT2D eigenvalue weighted by Crippen LogP contribution is -2.49. The second kappa shape index (κ2) is 9.98. The van der Waals surface area contributed by atoms with Crippen LogP contribution in [0, 0.1) is 16.0 Å². The molecule has 0 aromatic heterocycles. The molecule has 2 aromatic carbocycles. The molecule has 0 bridgehead atoms. The highest BCUT2D eigenvalue weighted by Gasteiger charge is 2.26. The van der Waals surface area contributed by atoms with Gasteiger partial charge < -0.3 is 10.4 Å². The molecular formula is C20H22N4O5. The Hall–Kier alpha value is -3.75. The number of amides is 2. The van der Waals surface area contributed by atoms with E-state index in [0.29, 0.717) is 12.0 Å². The zero-order chi connectivity index (χ0) is 21.4. The van der Waals surface area contributed by atoms with Crippen molar-refractivity contribution in [3.8, 4) is 5.75 Å². The number of phenols is 1. The average molecular weight is 398 g/mol. The Kier molecular flexibility index (Phi) is 7.41. The van der Waals surface area contributed by atoms with Gasteiger partial charge in [0.15, 0.2) is 0 Å².